The average Bonchev–Trinajstić information content (AvgIpc) is 3.27. The molecule has 1 saturated carbocycles. The van der Waals surface area contributed by atoms with Crippen LogP contribution in [-0.2, 0) is 19.1 Å². The number of methoxy groups -OCH3 is 1. The predicted molar refractivity (Wildman–Crippen MR) is 78.0 cm³/mol. The molecule has 2 rings (SSSR count). The first-order chi connectivity index (χ1) is 10.0. The zero-order valence-corrected chi connectivity index (χ0v) is 13.1. The lowest BCUT2D eigenvalue weighted by atomic mass is 9.82. The van der Waals surface area contributed by atoms with E-state index in [9.17, 15) is 9.59 Å². The molecule has 1 atom stereocenters. The summed E-state index contributed by atoms with van der Waals surface area (Å²) in [5, 5.41) is 3.12. The predicted octanol–water partition coefficient (Wildman–Crippen LogP) is 2.29. The molecule has 0 aromatic heterocycles. The third-order valence-electron chi connectivity index (χ3n) is 3.96. The molecule has 1 aliphatic carbocycles. The van der Waals surface area contributed by atoms with Crippen LogP contribution in [0.5, 0.6) is 0 Å². The Morgan fingerprint density at radius 3 is 2.19 bits per heavy atom. The van der Waals surface area contributed by atoms with Crippen molar-refractivity contribution in [1.82, 2.24) is 5.32 Å². The quantitative estimate of drug-likeness (QED) is 0.788. The molecule has 2 aliphatic rings. The van der Waals surface area contributed by atoms with Crippen molar-refractivity contribution in [2.75, 3.05) is 13.7 Å². The van der Waals surface area contributed by atoms with E-state index in [0.29, 0.717) is 23.7 Å². The molecule has 1 fully saturated rings. The number of esters is 2. The molecule has 5 heteroatoms. The van der Waals surface area contributed by atoms with Crippen LogP contribution in [0.15, 0.2) is 22.5 Å². The lowest BCUT2D eigenvalue weighted by Crippen LogP contribution is -2.34. The molecule has 0 radical (unpaired) electrons. The summed E-state index contributed by atoms with van der Waals surface area (Å²) in [6.45, 7) is 6.05. The number of hydrogen-bond donors (Lipinski definition) is 1. The van der Waals surface area contributed by atoms with Crippen LogP contribution in [0.25, 0.3) is 0 Å². The lowest BCUT2D eigenvalue weighted by Gasteiger charge is -2.30. The minimum Gasteiger partial charge on any atom is -0.466 e. The second kappa shape index (κ2) is 6.33. The molecule has 0 bridgehead atoms. The number of carbonyl (C=O) groups is 2. The van der Waals surface area contributed by atoms with Crippen molar-refractivity contribution in [3.8, 4) is 0 Å². The summed E-state index contributed by atoms with van der Waals surface area (Å²) in [6, 6.07) is 0. The van der Waals surface area contributed by atoms with E-state index in [-0.39, 0.29) is 17.9 Å². The molecule has 0 aromatic carbocycles. The van der Waals surface area contributed by atoms with E-state index in [1.54, 1.807) is 0 Å². The second-order valence-corrected chi connectivity index (χ2v) is 5.64. The Morgan fingerprint density at radius 2 is 1.71 bits per heavy atom. The van der Waals surface area contributed by atoms with Crippen LogP contribution in [0.1, 0.15) is 40.0 Å². The largest absolute Gasteiger partial charge is 0.466 e. The molecule has 1 heterocycles. The molecule has 0 spiro atoms. The van der Waals surface area contributed by atoms with E-state index < -0.39 is 0 Å². The summed E-state index contributed by atoms with van der Waals surface area (Å²) in [7, 11) is 1.37. The normalized spacial score (nSPS) is 22.0. The summed E-state index contributed by atoms with van der Waals surface area (Å²) >= 11 is 0. The molecule has 0 aromatic rings. The SMILES string of the molecule is CCCOC(=O)C1=C(C)NC(C)=C(C(=O)OC)C1C1CC1. The van der Waals surface area contributed by atoms with Crippen molar-refractivity contribution < 1.29 is 19.1 Å². The third-order valence-corrected chi connectivity index (χ3v) is 3.96. The van der Waals surface area contributed by atoms with Crippen LogP contribution in [0, 0.1) is 11.8 Å². The zero-order chi connectivity index (χ0) is 15.6. The topological polar surface area (TPSA) is 64.6 Å². The number of rotatable bonds is 5. The average molecular weight is 293 g/mol. The number of hydrogen-bond acceptors (Lipinski definition) is 5. The molecular formula is C16H23NO4. The highest BCUT2D eigenvalue weighted by Crippen LogP contribution is 2.47. The molecule has 1 unspecified atom stereocenters. The van der Waals surface area contributed by atoms with Gasteiger partial charge in [-0.15, -0.1) is 0 Å². The van der Waals surface area contributed by atoms with Gasteiger partial charge in [0, 0.05) is 17.3 Å². The van der Waals surface area contributed by atoms with Crippen LogP contribution >= 0.6 is 0 Å². The summed E-state index contributed by atoms with van der Waals surface area (Å²) in [5.74, 6) is -0.573. The summed E-state index contributed by atoms with van der Waals surface area (Å²) < 4.78 is 10.2. The zero-order valence-electron chi connectivity index (χ0n) is 13.1. The first kappa shape index (κ1) is 15.6. The van der Waals surface area contributed by atoms with Crippen LogP contribution in [0.4, 0.5) is 0 Å². The van der Waals surface area contributed by atoms with Gasteiger partial charge in [0.15, 0.2) is 0 Å². The highest BCUT2D eigenvalue weighted by Gasteiger charge is 2.45. The van der Waals surface area contributed by atoms with Crippen molar-refractivity contribution in [3.63, 3.8) is 0 Å². The number of dihydropyridines is 1. The van der Waals surface area contributed by atoms with Gasteiger partial charge in [0.05, 0.1) is 24.9 Å². The van der Waals surface area contributed by atoms with Gasteiger partial charge in [-0.25, -0.2) is 9.59 Å². The maximum absolute atomic E-state index is 12.4. The maximum Gasteiger partial charge on any atom is 0.336 e. The molecule has 1 N–H and O–H groups in total. The lowest BCUT2D eigenvalue weighted by molar-refractivity contribution is -0.140. The first-order valence-electron chi connectivity index (χ1n) is 7.45. The maximum atomic E-state index is 12.4. The number of carbonyl (C=O) groups excluding carboxylic acids is 2. The second-order valence-electron chi connectivity index (χ2n) is 5.64. The molecular weight excluding hydrogens is 270 g/mol. The fraction of sp³-hybridized carbons (Fsp3) is 0.625. The Morgan fingerprint density at radius 1 is 1.14 bits per heavy atom. The van der Waals surface area contributed by atoms with E-state index in [1.807, 2.05) is 20.8 Å². The standard InChI is InChI=1S/C16H23NO4/c1-5-8-21-16(19)13-10(3)17-9(2)12(15(18)20-4)14(13)11-6-7-11/h11,14,17H,5-8H2,1-4H3. The Bertz CT molecular complexity index is 514. The van der Waals surface area contributed by atoms with Crippen LogP contribution in [0.2, 0.25) is 0 Å². The van der Waals surface area contributed by atoms with Crippen LogP contribution in [0.3, 0.4) is 0 Å². The van der Waals surface area contributed by atoms with E-state index >= 15 is 0 Å². The van der Waals surface area contributed by atoms with Gasteiger partial charge in [0.1, 0.15) is 0 Å². The Hall–Kier alpha value is -1.78. The van der Waals surface area contributed by atoms with Gasteiger partial charge < -0.3 is 14.8 Å². The molecule has 0 amide bonds. The highest BCUT2D eigenvalue weighted by atomic mass is 16.5. The van der Waals surface area contributed by atoms with Gasteiger partial charge in [0.25, 0.3) is 0 Å². The van der Waals surface area contributed by atoms with Crippen molar-refractivity contribution in [2.45, 2.75) is 40.0 Å². The van der Waals surface area contributed by atoms with Gasteiger partial charge in [0.2, 0.25) is 0 Å². The first-order valence-corrected chi connectivity index (χ1v) is 7.45. The van der Waals surface area contributed by atoms with Gasteiger partial charge >= 0.3 is 11.9 Å². The van der Waals surface area contributed by atoms with E-state index in [0.717, 1.165) is 30.7 Å². The molecule has 0 saturated heterocycles. The Kier molecular flexibility index (Phi) is 4.70. The van der Waals surface area contributed by atoms with Gasteiger partial charge in [-0.3, -0.25) is 0 Å². The third kappa shape index (κ3) is 3.12. The fourth-order valence-electron chi connectivity index (χ4n) is 2.87. The van der Waals surface area contributed by atoms with Gasteiger partial charge in [-0.1, -0.05) is 6.92 Å². The number of ether oxygens (including phenoxy) is 2. The van der Waals surface area contributed by atoms with E-state index in [4.69, 9.17) is 9.47 Å². The molecule has 21 heavy (non-hydrogen) atoms. The number of allylic oxidation sites excluding steroid dienone is 2. The summed E-state index contributed by atoms with van der Waals surface area (Å²) in [4.78, 5) is 24.5. The van der Waals surface area contributed by atoms with Gasteiger partial charge in [-0.05, 0) is 39.0 Å². The fourth-order valence-corrected chi connectivity index (χ4v) is 2.87. The van der Waals surface area contributed by atoms with Crippen molar-refractivity contribution in [1.29, 1.82) is 0 Å². The van der Waals surface area contributed by atoms with Gasteiger partial charge in [-0.2, -0.15) is 0 Å². The smallest absolute Gasteiger partial charge is 0.336 e. The Labute approximate surface area is 125 Å². The van der Waals surface area contributed by atoms with E-state index in [2.05, 4.69) is 5.32 Å². The summed E-state index contributed by atoms with van der Waals surface area (Å²) in [6.07, 6.45) is 2.82. The van der Waals surface area contributed by atoms with E-state index in [1.165, 1.54) is 7.11 Å². The molecule has 1 aliphatic heterocycles. The van der Waals surface area contributed by atoms with Crippen molar-refractivity contribution in [3.05, 3.63) is 22.5 Å². The molecule has 116 valence electrons. The van der Waals surface area contributed by atoms with Crippen molar-refractivity contribution >= 4 is 11.9 Å². The number of nitrogens with one attached hydrogen (secondary N) is 1. The minimum absolute atomic E-state index is 0.206. The monoisotopic (exact) mass is 293 g/mol. The van der Waals surface area contributed by atoms with Crippen LogP contribution < -0.4 is 5.32 Å². The highest BCUT2D eigenvalue weighted by molar-refractivity contribution is 5.98. The summed E-state index contributed by atoms with van der Waals surface area (Å²) in [5.41, 5.74) is 2.69. The molecule has 5 nitrogen and oxygen atoms in total. The van der Waals surface area contributed by atoms with Crippen LogP contribution in [-0.4, -0.2) is 25.7 Å². The Balaban J connectivity index is 2.36. The minimum atomic E-state index is -0.370. The van der Waals surface area contributed by atoms with Crippen molar-refractivity contribution in [2.24, 2.45) is 11.8 Å².